The molecule has 0 radical (unpaired) electrons. The van der Waals surface area contributed by atoms with Crippen molar-refractivity contribution >= 4 is 25.6 Å². The molecule has 1 aromatic rings. The third-order valence-electron chi connectivity index (χ3n) is 3.24. The van der Waals surface area contributed by atoms with Crippen LogP contribution in [0.15, 0.2) is 4.90 Å². The summed E-state index contributed by atoms with van der Waals surface area (Å²) in [5.74, 6) is -0.576. The summed E-state index contributed by atoms with van der Waals surface area (Å²) < 4.78 is 28.5. The number of ether oxygens (including phenoxy) is 1. The molecule has 20 heavy (non-hydrogen) atoms. The molecule has 1 atom stereocenters. The van der Waals surface area contributed by atoms with E-state index in [1.54, 1.807) is 6.92 Å². The van der Waals surface area contributed by atoms with Crippen molar-refractivity contribution in [2.45, 2.75) is 37.1 Å². The molecule has 1 aliphatic rings. The molecule has 112 valence electrons. The van der Waals surface area contributed by atoms with Gasteiger partial charge in [0.05, 0.1) is 17.8 Å². The number of nitrogens with zero attached hydrogens (tertiary/aromatic N) is 1. The standard InChI is InChI=1S/C11H16ClN3O4S/c1-3-7-9(20(12,17)18)8(15-14-7)10(16)13-11(2)4-5-19-6-11/h3-6H2,1-2H3,(H,13,16)(H,14,15). The number of aryl methyl sites for hydroxylation is 1. The maximum absolute atomic E-state index is 12.2. The third kappa shape index (κ3) is 2.97. The van der Waals surface area contributed by atoms with E-state index in [2.05, 4.69) is 15.5 Å². The Labute approximate surface area is 121 Å². The quantitative estimate of drug-likeness (QED) is 0.799. The smallest absolute Gasteiger partial charge is 0.273 e. The first-order valence-corrected chi connectivity index (χ1v) is 8.50. The molecule has 0 aliphatic carbocycles. The molecule has 0 aromatic carbocycles. The Balaban J connectivity index is 2.33. The summed E-state index contributed by atoms with van der Waals surface area (Å²) in [7, 11) is 1.35. The van der Waals surface area contributed by atoms with Crippen LogP contribution in [0.4, 0.5) is 0 Å². The highest BCUT2D eigenvalue weighted by molar-refractivity contribution is 8.13. The number of halogens is 1. The lowest BCUT2D eigenvalue weighted by Crippen LogP contribution is -2.46. The van der Waals surface area contributed by atoms with Crippen molar-refractivity contribution < 1.29 is 17.9 Å². The molecule has 9 heteroatoms. The fourth-order valence-electron chi connectivity index (χ4n) is 2.12. The molecule has 1 unspecified atom stereocenters. The van der Waals surface area contributed by atoms with E-state index in [-0.39, 0.29) is 10.6 Å². The topological polar surface area (TPSA) is 101 Å². The first kappa shape index (κ1) is 15.3. The van der Waals surface area contributed by atoms with Gasteiger partial charge in [-0.15, -0.1) is 0 Å². The molecule has 1 aliphatic heterocycles. The van der Waals surface area contributed by atoms with E-state index in [4.69, 9.17) is 15.4 Å². The van der Waals surface area contributed by atoms with Crippen molar-refractivity contribution in [2.24, 2.45) is 0 Å². The highest BCUT2D eigenvalue weighted by atomic mass is 35.7. The number of H-pyrrole nitrogens is 1. The normalized spacial score (nSPS) is 22.9. The number of nitrogens with one attached hydrogen (secondary N) is 2. The van der Waals surface area contributed by atoms with Crippen LogP contribution in [-0.2, 0) is 20.2 Å². The Hall–Kier alpha value is -1.12. The van der Waals surface area contributed by atoms with E-state index in [0.717, 1.165) is 0 Å². The molecule has 1 amide bonds. The minimum absolute atomic E-state index is 0.204. The number of carbonyl (C=O) groups excluding carboxylic acids is 1. The van der Waals surface area contributed by atoms with Gasteiger partial charge in [-0.05, 0) is 19.8 Å². The predicted octanol–water partition coefficient (Wildman–Crippen LogP) is 0.808. The summed E-state index contributed by atoms with van der Waals surface area (Å²) in [4.78, 5) is 12.0. The summed E-state index contributed by atoms with van der Waals surface area (Å²) in [6.45, 7) is 4.51. The van der Waals surface area contributed by atoms with Gasteiger partial charge < -0.3 is 10.1 Å². The second kappa shape index (κ2) is 5.34. The summed E-state index contributed by atoms with van der Waals surface area (Å²) in [6, 6.07) is 0. The van der Waals surface area contributed by atoms with Crippen molar-refractivity contribution in [2.75, 3.05) is 13.2 Å². The van der Waals surface area contributed by atoms with Crippen molar-refractivity contribution in [1.29, 1.82) is 0 Å². The summed E-state index contributed by atoms with van der Waals surface area (Å²) in [5.41, 5.74) is -0.404. The second-order valence-electron chi connectivity index (χ2n) is 4.99. The Morgan fingerprint density at radius 1 is 1.60 bits per heavy atom. The molecule has 1 aromatic heterocycles. The van der Waals surface area contributed by atoms with Crippen LogP contribution in [0.1, 0.15) is 36.5 Å². The monoisotopic (exact) mass is 321 g/mol. The fourth-order valence-corrected chi connectivity index (χ4v) is 3.48. The van der Waals surface area contributed by atoms with Crippen LogP contribution in [0.5, 0.6) is 0 Å². The molecule has 2 rings (SSSR count). The minimum atomic E-state index is -4.04. The van der Waals surface area contributed by atoms with Crippen LogP contribution in [0.2, 0.25) is 0 Å². The Morgan fingerprint density at radius 2 is 2.30 bits per heavy atom. The number of rotatable bonds is 4. The number of hydrogen-bond donors (Lipinski definition) is 2. The molecular formula is C11H16ClN3O4S. The molecule has 2 N–H and O–H groups in total. The van der Waals surface area contributed by atoms with Gasteiger partial charge in [0.15, 0.2) is 5.69 Å². The molecule has 0 bridgehead atoms. The number of aromatic nitrogens is 2. The average molecular weight is 322 g/mol. The number of amides is 1. The molecule has 0 saturated carbocycles. The van der Waals surface area contributed by atoms with Crippen LogP contribution >= 0.6 is 10.7 Å². The molecule has 2 heterocycles. The van der Waals surface area contributed by atoms with Crippen molar-refractivity contribution in [3.05, 3.63) is 11.4 Å². The van der Waals surface area contributed by atoms with Gasteiger partial charge in [-0.1, -0.05) is 6.92 Å². The fraction of sp³-hybridized carbons (Fsp3) is 0.636. The molecular weight excluding hydrogens is 306 g/mol. The van der Waals surface area contributed by atoms with E-state index >= 15 is 0 Å². The lowest BCUT2D eigenvalue weighted by molar-refractivity contribution is 0.0881. The second-order valence-corrected chi connectivity index (χ2v) is 7.49. The van der Waals surface area contributed by atoms with Crippen LogP contribution in [0, 0.1) is 0 Å². The van der Waals surface area contributed by atoms with Crippen LogP contribution in [0.3, 0.4) is 0 Å². The van der Waals surface area contributed by atoms with Gasteiger partial charge in [0.1, 0.15) is 4.90 Å². The maximum atomic E-state index is 12.2. The van der Waals surface area contributed by atoms with Gasteiger partial charge in [0.25, 0.3) is 15.0 Å². The van der Waals surface area contributed by atoms with Crippen molar-refractivity contribution in [1.82, 2.24) is 15.5 Å². The van der Waals surface area contributed by atoms with Gasteiger partial charge in [-0.3, -0.25) is 9.89 Å². The SMILES string of the molecule is CCc1[nH]nc(C(=O)NC2(C)CCOC2)c1S(=O)(=O)Cl. The van der Waals surface area contributed by atoms with Crippen LogP contribution in [0.25, 0.3) is 0 Å². The zero-order valence-electron chi connectivity index (χ0n) is 11.2. The van der Waals surface area contributed by atoms with Crippen molar-refractivity contribution in [3.8, 4) is 0 Å². The van der Waals surface area contributed by atoms with Gasteiger partial charge in [-0.2, -0.15) is 5.10 Å². The first-order chi connectivity index (χ1) is 9.27. The highest BCUT2D eigenvalue weighted by Crippen LogP contribution is 2.24. The van der Waals surface area contributed by atoms with E-state index in [9.17, 15) is 13.2 Å². The van der Waals surface area contributed by atoms with E-state index in [1.807, 2.05) is 6.92 Å². The van der Waals surface area contributed by atoms with E-state index in [0.29, 0.717) is 31.7 Å². The summed E-state index contributed by atoms with van der Waals surface area (Å²) >= 11 is 0. The highest BCUT2D eigenvalue weighted by Gasteiger charge is 2.35. The minimum Gasteiger partial charge on any atom is -0.379 e. The summed E-state index contributed by atoms with van der Waals surface area (Å²) in [6.07, 6.45) is 1.04. The van der Waals surface area contributed by atoms with E-state index < -0.39 is 20.5 Å². The van der Waals surface area contributed by atoms with Crippen LogP contribution in [-0.4, -0.2) is 43.3 Å². The lowest BCUT2D eigenvalue weighted by Gasteiger charge is -2.22. The zero-order valence-corrected chi connectivity index (χ0v) is 12.8. The van der Waals surface area contributed by atoms with Gasteiger partial charge >= 0.3 is 0 Å². The van der Waals surface area contributed by atoms with Gasteiger partial charge in [0.2, 0.25) is 0 Å². The maximum Gasteiger partial charge on any atom is 0.273 e. The lowest BCUT2D eigenvalue weighted by atomic mass is 10.0. The van der Waals surface area contributed by atoms with Crippen LogP contribution < -0.4 is 5.32 Å². The average Bonchev–Trinajstić information content (AvgIpc) is 2.93. The Morgan fingerprint density at radius 3 is 2.80 bits per heavy atom. The molecule has 1 saturated heterocycles. The van der Waals surface area contributed by atoms with Crippen molar-refractivity contribution in [3.63, 3.8) is 0 Å². The Bertz CT molecular complexity index is 620. The predicted molar refractivity (Wildman–Crippen MR) is 72.3 cm³/mol. The molecule has 1 fully saturated rings. The zero-order chi connectivity index (χ0) is 15.0. The number of aromatic amines is 1. The van der Waals surface area contributed by atoms with E-state index in [1.165, 1.54) is 0 Å². The first-order valence-electron chi connectivity index (χ1n) is 6.19. The van der Waals surface area contributed by atoms with Gasteiger partial charge in [0, 0.05) is 17.3 Å². The molecule has 0 spiro atoms. The molecule has 7 nitrogen and oxygen atoms in total. The number of carbonyl (C=O) groups is 1. The number of hydrogen-bond acceptors (Lipinski definition) is 5. The Kier molecular flexibility index (Phi) is 4.08. The largest absolute Gasteiger partial charge is 0.379 e. The summed E-state index contributed by atoms with van der Waals surface area (Å²) in [5, 5.41) is 9.08. The van der Waals surface area contributed by atoms with Gasteiger partial charge in [-0.25, -0.2) is 8.42 Å². The third-order valence-corrected chi connectivity index (χ3v) is 4.63.